The Hall–Kier alpha value is -3.63. The van der Waals surface area contributed by atoms with Gasteiger partial charge in [0.2, 0.25) is 17.8 Å². The van der Waals surface area contributed by atoms with Crippen molar-refractivity contribution in [1.82, 2.24) is 24.5 Å². The molecule has 5 rings (SSSR count). The van der Waals surface area contributed by atoms with Crippen LogP contribution >= 0.6 is 0 Å². The second kappa shape index (κ2) is 8.13. The topological polar surface area (TPSA) is 101 Å². The van der Waals surface area contributed by atoms with Crippen LogP contribution in [0.15, 0.2) is 48.3 Å². The van der Waals surface area contributed by atoms with Crippen LogP contribution in [0.1, 0.15) is 31.7 Å². The Balaban J connectivity index is 1.52. The highest BCUT2D eigenvalue weighted by Crippen LogP contribution is 2.36. The summed E-state index contributed by atoms with van der Waals surface area (Å²) >= 11 is 0. The molecule has 3 aromatic heterocycles. The number of hydrogen-bond acceptors (Lipinski definition) is 7. The highest BCUT2D eigenvalue weighted by Gasteiger charge is 2.32. The number of pyridine rings is 1. The maximum Gasteiger partial charge on any atom is 0.229 e. The normalized spacial score (nSPS) is 21.5. The lowest BCUT2D eigenvalue weighted by atomic mass is 10.1. The average molecular weight is 443 g/mol. The number of allylic oxidation sites excluding steroid dienone is 2. The first-order chi connectivity index (χ1) is 15.5. The third-order valence-electron chi connectivity index (χ3n) is 5.62. The molecule has 32 heavy (non-hydrogen) atoms. The van der Waals surface area contributed by atoms with E-state index >= 15 is 0 Å². The van der Waals surface area contributed by atoms with E-state index in [-0.39, 0.29) is 23.8 Å². The molecule has 2 unspecified atom stereocenters. The highest BCUT2D eigenvalue weighted by molar-refractivity contribution is 5.76. The van der Waals surface area contributed by atoms with E-state index in [9.17, 15) is 18.3 Å². The van der Waals surface area contributed by atoms with Gasteiger partial charge in [-0.2, -0.15) is 4.98 Å². The van der Waals surface area contributed by atoms with Crippen LogP contribution in [-0.4, -0.2) is 41.8 Å². The maximum absolute atomic E-state index is 14.4. The molecule has 3 N–H and O–H groups in total. The summed E-state index contributed by atoms with van der Waals surface area (Å²) < 4.78 is 43.9. The Labute approximate surface area is 180 Å². The predicted octanol–water partition coefficient (Wildman–Crippen LogP) is 4.62. The van der Waals surface area contributed by atoms with Gasteiger partial charge in [0.05, 0.1) is 18.1 Å². The van der Waals surface area contributed by atoms with Gasteiger partial charge in [0, 0.05) is 18.2 Å². The monoisotopic (exact) mass is 443 g/mol. The molecule has 0 spiro atoms. The second-order valence-corrected chi connectivity index (χ2v) is 7.82. The van der Waals surface area contributed by atoms with E-state index in [4.69, 9.17) is 0 Å². The molecular weight excluding hydrogens is 423 g/mol. The molecule has 166 valence electrons. The molecule has 0 radical (unpaired) electrons. The zero-order chi connectivity index (χ0) is 22.2. The summed E-state index contributed by atoms with van der Waals surface area (Å²) in [5.74, 6) is -1.44. The fourth-order valence-corrected chi connectivity index (χ4v) is 4.11. The van der Waals surface area contributed by atoms with E-state index in [0.29, 0.717) is 22.9 Å². The fourth-order valence-electron chi connectivity index (χ4n) is 4.11. The minimum absolute atomic E-state index is 0.0570. The van der Waals surface area contributed by atoms with Crippen molar-refractivity contribution in [3.05, 3.63) is 48.3 Å². The van der Waals surface area contributed by atoms with Crippen LogP contribution in [-0.2, 0) is 0 Å². The molecule has 1 saturated carbocycles. The van der Waals surface area contributed by atoms with Crippen molar-refractivity contribution in [2.75, 3.05) is 10.6 Å². The van der Waals surface area contributed by atoms with Gasteiger partial charge in [-0.15, -0.1) is 0 Å². The van der Waals surface area contributed by atoms with Crippen LogP contribution in [0.5, 0.6) is 5.88 Å². The number of nitrogens with one attached hydrogen (secondary N) is 2. The lowest BCUT2D eigenvalue weighted by molar-refractivity contribution is 0.334. The van der Waals surface area contributed by atoms with Crippen molar-refractivity contribution >= 4 is 28.7 Å². The number of aromatic nitrogens is 5. The third-order valence-corrected chi connectivity index (χ3v) is 5.62. The van der Waals surface area contributed by atoms with Crippen molar-refractivity contribution in [1.29, 1.82) is 0 Å². The summed E-state index contributed by atoms with van der Waals surface area (Å²) in [6, 6.07) is 1.74. The number of aromatic hydroxyl groups is 1. The largest absolute Gasteiger partial charge is 0.493 e. The van der Waals surface area contributed by atoms with Crippen molar-refractivity contribution in [2.45, 2.75) is 43.9 Å². The minimum Gasteiger partial charge on any atom is -0.493 e. The Bertz CT molecular complexity index is 1200. The average Bonchev–Trinajstić information content (AvgIpc) is 3.39. The van der Waals surface area contributed by atoms with Crippen LogP contribution in [0.25, 0.3) is 11.2 Å². The van der Waals surface area contributed by atoms with Gasteiger partial charge in [-0.3, -0.25) is 4.57 Å². The van der Waals surface area contributed by atoms with Crippen LogP contribution in [0.4, 0.5) is 30.8 Å². The predicted molar refractivity (Wildman–Crippen MR) is 113 cm³/mol. The number of imidazole rings is 1. The lowest BCUT2D eigenvalue weighted by Crippen LogP contribution is -2.33. The summed E-state index contributed by atoms with van der Waals surface area (Å²) in [6.07, 6.45) is 6.30. The minimum atomic E-state index is -1.87. The number of fused-ring (bicyclic) bond motifs is 1. The molecule has 0 aliphatic heterocycles. The quantitative estimate of drug-likeness (QED) is 0.529. The molecule has 2 atom stereocenters. The maximum atomic E-state index is 14.4. The smallest absolute Gasteiger partial charge is 0.229 e. The van der Waals surface area contributed by atoms with Gasteiger partial charge in [0.25, 0.3) is 0 Å². The molecule has 11 heteroatoms. The van der Waals surface area contributed by atoms with Crippen molar-refractivity contribution in [3.8, 4) is 5.88 Å². The molecule has 2 aliphatic carbocycles. The number of anilines is 3. The van der Waals surface area contributed by atoms with E-state index < -0.39 is 23.9 Å². The standard InChI is InChI=1S/C21H20F3N7O/c22-11-7-14(23)18(15(24)8-11)29-21-28-16-10-26-20(27-12-5-6-17(32)25-9-12)30-19(16)31(21)13-3-1-2-4-13/h5-10,13-14,18H,1-4H2,(H,25,32)(H,28,29)(H,26,27,30). The third kappa shape index (κ3) is 3.85. The summed E-state index contributed by atoms with van der Waals surface area (Å²) in [5.41, 5.74) is 1.56. The Morgan fingerprint density at radius 3 is 2.59 bits per heavy atom. The van der Waals surface area contributed by atoms with E-state index in [0.717, 1.165) is 31.8 Å². The summed E-state index contributed by atoms with van der Waals surface area (Å²) in [6.45, 7) is 0. The number of halogens is 3. The number of hydrogen-bond donors (Lipinski definition) is 3. The molecule has 0 saturated heterocycles. The molecule has 1 fully saturated rings. The van der Waals surface area contributed by atoms with Crippen LogP contribution in [0, 0.1) is 0 Å². The van der Waals surface area contributed by atoms with Gasteiger partial charge < -0.3 is 15.7 Å². The Morgan fingerprint density at radius 2 is 1.88 bits per heavy atom. The van der Waals surface area contributed by atoms with Gasteiger partial charge in [0.15, 0.2) is 5.65 Å². The van der Waals surface area contributed by atoms with E-state index in [2.05, 4.69) is 30.6 Å². The molecule has 8 nitrogen and oxygen atoms in total. The van der Waals surface area contributed by atoms with Gasteiger partial charge in [-0.25, -0.2) is 28.1 Å². The van der Waals surface area contributed by atoms with Crippen molar-refractivity contribution in [3.63, 3.8) is 0 Å². The second-order valence-electron chi connectivity index (χ2n) is 7.82. The molecule has 0 aromatic carbocycles. The number of rotatable bonds is 5. The fraction of sp³-hybridized carbons (Fsp3) is 0.333. The molecule has 3 heterocycles. The van der Waals surface area contributed by atoms with E-state index in [1.807, 2.05) is 4.57 Å². The van der Waals surface area contributed by atoms with Crippen LogP contribution < -0.4 is 10.6 Å². The Morgan fingerprint density at radius 1 is 1.06 bits per heavy atom. The Kier molecular flexibility index (Phi) is 5.16. The van der Waals surface area contributed by atoms with E-state index in [1.54, 1.807) is 6.07 Å². The first kappa shape index (κ1) is 20.3. The molecule has 0 bridgehead atoms. The highest BCUT2D eigenvalue weighted by atomic mass is 19.2. The SMILES string of the molecule is Oc1ccc(Nc2ncc3nc(NC4C(F)=CC(F)=CC4F)n(C4CCCC4)c3n2)cn1. The molecule has 0 amide bonds. The molecular formula is C21H20F3N7O. The zero-order valence-electron chi connectivity index (χ0n) is 16.8. The van der Waals surface area contributed by atoms with Gasteiger partial charge in [0.1, 0.15) is 29.4 Å². The van der Waals surface area contributed by atoms with Crippen molar-refractivity contribution in [2.24, 2.45) is 0 Å². The van der Waals surface area contributed by atoms with E-state index in [1.165, 1.54) is 18.5 Å². The lowest BCUT2D eigenvalue weighted by Gasteiger charge is -2.24. The van der Waals surface area contributed by atoms with Gasteiger partial charge in [-0.1, -0.05) is 12.8 Å². The zero-order valence-corrected chi connectivity index (χ0v) is 16.8. The summed E-state index contributed by atoms with van der Waals surface area (Å²) in [4.78, 5) is 17.1. The van der Waals surface area contributed by atoms with Gasteiger partial charge in [-0.05, 0) is 25.0 Å². The first-order valence-corrected chi connectivity index (χ1v) is 10.3. The van der Waals surface area contributed by atoms with Gasteiger partial charge >= 0.3 is 0 Å². The van der Waals surface area contributed by atoms with Crippen molar-refractivity contribution < 1.29 is 18.3 Å². The van der Waals surface area contributed by atoms with Crippen LogP contribution in [0.2, 0.25) is 0 Å². The number of nitrogens with zero attached hydrogens (tertiary/aromatic N) is 5. The summed E-state index contributed by atoms with van der Waals surface area (Å²) in [5, 5.41) is 15.2. The summed E-state index contributed by atoms with van der Waals surface area (Å²) in [7, 11) is 0. The van der Waals surface area contributed by atoms with Crippen LogP contribution in [0.3, 0.4) is 0 Å². The first-order valence-electron chi connectivity index (χ1n) is 10.3. The number of alkyl halides is 1. The molecule has 3 aromatic rings. The molecule has 2 aliphatic rings.